The molecule has 0 radical (unpaired) electrons. The molecule has 1 fully saturated rings. The average Bonchev–Trinajstić information content (AvgIpc) is 2.90. The van der Waals surface area contributed by atoms with Gasteiger partial charge < -0.3 is 10.2 Å². The van der Waals surface area contributed by atoms with Gasteiger partial charge in [0.1, 0.15) is 0 Å². The Labute approximate surface area is 119 Å². The molecule has 1 N–H and O–H groups in total. The van der Waals surface area contributed by atoms with Crippen molar-refractivity contribution in [3.8, 4) is 0 Å². The van der Waals surface area contributed by atoms with Crippen LogP contribution in [0.15, 0.2) is 24.3 Å². The lowest BCUT2D eigenvalue weighted by molar-refractivity contribution is -0.137. The molecule has 1 unspecified atom stereocenters. The molecule has 1 aliphatic rings. The molecule has 3 nitrogen and oxygen atoms in total. The molecule has 0 aliphatic carbocycles. The van der Waals surface area contributed by atoms with E-state index in [9.17, 15) is 4.79 Å². The molecule has 104 valence electrons. The number of nitrogens with one attached hydrogen (secondary N) is 1. The van der Waals surface area contributed by atoms with Crippen molar-refractivity contribution in [2.45, 2.75) is 38.3 Å². The summed E-state index contributed by atoms with van der Waals surface area (Å²) in [5, 5.41) is 4.11. The van der Waals surface area contributed by atoms with Crippen LogP contribution >= 0.6 is 11.6 Å². The predicted molar refractivity (Wildman–Crippen MR) is 78.2 cm³/mol. The third kappa shape index (κ3) is 3.10. The van der Waals surface area contributed by atoms with Crippen LogP contribution in [0.4, 0.5) is 0 Å². The number of rotatable bonds is 4. The van der Waals surface area contributed by atoms with E-state index in [-0.39, 0.29) is 11.4 Å². The smallest absolute Gasteiger partial charge is 0.242 e. The second kappa shape index (κ2) is 5.93. The minimum absolute atomic E-state index is 0.197. The maximum absolute atomic E-state index is 12.6. The summed E-state index contributed by atoms with van der Waals surface area (Å²) in [6.07, 6.45) is 2.86. The quantitative estimate of drug-likeness (QED) is 0.920. The number of carbonyl (C=O) groups excluding carboxylic acids is 1. The van der Waals surface area contributed by atoms with Crippen molar-refractivity contribution in [3.63, 3.8) is 0 Å². The number of carbonyl (C=O) groups is 1. The van der Waals surface area contributed by atoms with Crippen LogP contribution in [-0.2, 0) is 11.3 Å². The second-order valence-electron chi connectivity index (χ2n) is 5.25. The SMILES string of the molecule is CCC1(C(=O)N(C)Cc2ccc(Cl)cc2)CCCN1. The summed E-state index contributed by atoms with van der Waals surface area (Å²) in [6.45, 7) is 3.64. The molecule has 1 atom stereocenters. The number of likely N-dealkylation sites (N-methyl/N-ethyl adjacent to an activating group) is 1. The molecule has 4 heteroatoms. The number of halogens is 1. The number of benzene rings is 1. The van der Waals surface area contributed by atoms with Crippen LogP contribution < -0.4 is 5.32 Å². The molecule has 1 saturated heterocycles. The summed E-state index contributed by atoms with van der Waals surface area (Å²) in [7, 11) is 1.87. The maximum Gasteiger partial charge on any atom is 0.242 e. The van der Waals surface area contributed by atoms with E-state index < -0.39 is 0 Å². The topological polar surface area (TPSA) is 32.3 Å². The van der Waals surface area contributed by atoms with E-state index in [1.165, 1.54) is 0 Å². The van der Waals surface area contributed by atoms with E-state index >= 15 is 0 Å². The zero-order chi connectivity index (χ0) is 13.9. The molecule has 1 aromatic rings. The zero-order valence-electron chi connectivity index (χ0n) is 11.6. The minimum Gasteiger partial charge on any atom is -0.340 e. The Hall–Kier alpha value is -1.06. The van der Waals surface area contributed by atoms with Gasteiger partial charge in [0, 0.05) is 18.6 Å². The van der Waals surface area contributed by atoms with Crippen molar-refractivity contribution < 1.29 is 4.79 Å². The zero-order valence-corrected chi connectivity index (χ0v) is 12.3. The Bertz CT molecular complexity index is 438. The molecule has 0 spiro atoms. The first-order valence-electron chi connectivity index (χ1n) is 6.82. The predicted octanol–water partition coefficient (Wildman–Crippen LogP) is 2.83. The van der Waals surface area contributed by atoms with Gasteiger partial charge in [0.25, 0.3) is 0 Å². The van der Waals surface area contributed by atoms with Gasteiger partial charge in [-0.15, -0.1) is 0 Å². The maximum atomic E-state index is 12.6. The van der Waals surface area contributed by atoms with Gasteiger partial charge in [-0.25, -0.2) is 0 Å². The van der Waals surface area contributed by atoms with Crippen molar-refractivity contribution in [1.29, 1.82) is 0 Å². The van der Waals surface area contributed by atoms with Gasteiger partial charge in [-0.2, -0.15) is 0 Å². The van der Waals surface area contributed by atoms with Crippen LogP contribution in [0.2, 0.25) is 5.02 Å². The van der Waals surface area contributed by atoms with Crippen molar-refractivity contribution in [3.05, 3.63) is 34.9 Å². The van der Waals surface area contributed by atoms with Crippen LogP contribution in [0.5, 0.6) is 0 Å². The standard InChI is InChI=1S/C15H21ClN2O/c1-3-15(9-4-10-17-15)14(19)18(2)11-12-5-7-13(16)8-6-12/h5-8,17H,3-4,9-11H2,1-2H3. The molecule has 1 amide bonds. The Morgan fingerprint density at radius 3 is 2.63 bits per heavy atom. The fraction of sp³-hybridized carbons (Fsp3) is 0.533. The molecule has 1 aliphatic heterocycles. The lowest BCUT2D eigenvalue weighted by Gasteiger charge is -2.31. The minimum atomic E-state index is -0.346. The van der Waals surface area contributed by atoms with E-state index in [0.717, 1.165) is 36.4 Å². The highest BCUT2D eigenvalue weighted by molar-refractivity contribution is 6.30. The lowest BCUT2D eigenvalue weighted by atomic mass is 9.92. The van der Waals surface area contributed by atoms with Crippen molar-refractivity contribution in [2.24, 2.45) is 0 Å². The highest BCUT2D eigenvalue weighted by atomic mass is 35.5. The van der Waals surface area contributed by atoms with Gasteiger partial charge in [0.05, 0.1) is 5.54 Å². The summed E-state index contributed by atoms with van der Waals surface area (Å²) >= 11 is 5.87. The number of nitrogens with zero attached hydrogens (tertiary/aromatic N) is 1. The Morgan fingerprint density at radius 2 is 2.11 bits per heavy atom. The van der Waals surface area contributed by atoms with Crippen LogP contribution in [0.1, 0.15) is 31.7 Å². The fourth-order valence-electron chi connectivity index (χ4n) is 2.74. The van der Waals surface area contributed by atoms with Crippen molar-refractivity contribution in [1.82, 2.24) is 10.2 Å². The Morgan fingerprint density at radius 1 is 1.42 bits per heavy atom. The molecule has 2 rings (SSSR count). The van der Waals surface area contributed by atoms with E-state index in [1.807, 2.05) is 36.2 Å². The van der Waals surface area contributed by atoms with Gasteiger partial charge in [0.2, 0.25) is 5.91 Å². The number of hydrogen-bond acceptors (Lipinski definition) is 2. The van der Waals surface area contributed by atoms with Gasteiger partial charge >= 0.3 is 0 Å². The molecule has 1 heterocycles. The van der Waals surface area contributed by atoms with E-state index in [2.05, 4.69) is 12.2 Å². The van der Waals surface area contributed by atoms with Crippen LogP contribution in [0.3, 0.4) is 0 Å². The van der Waals surface area contributed by atoms with Crippen LogP contribution in [0, 0.1) is 0 Å². The monoisotopic (exact) mass is 280 g/mol. The molecular weight excluding hydrogens is 260 g/mol. The first-order chi connectivity index (χ1) is 9.07. The molecule has 1 aromatic carbocycles. The highest BCUT2D eigenvalue weighted by Crippen LogP contribution is 2.25. The number of amides is 1. The summed E-state index contributed by atoms with van der Waals surface area (Å²) < 4.78 is 0. The fourth-order valence-corrected chi connectivity index (χ4v) is 2.87. The van der Waals surface area contributed by atoms with E-state index in [0.29, 0.717) is 6.54 Å². The third-order valence-electron chi connectivity index (χ3n) is 3.94. The molecular formula is C15H21ClN2O. The van der Waals surface area contributed by atoms with Crippen LogP contribution in [0.25, 0.3) is 0 Å². The first-order valence-corrected chi connectivity index (χ1v) is 7.20. The summed E-state index contributed by atoms with van der Waals surface area (Å²) in [5.41, 5.74) is 0.755. The van der Waals surface area contributed by atoms with Crippen LogP contribution in [-0.4, -0.2) is 29.9 Å². The summed E-state index contributed by atoms with van der Waals surface area (Å²) in [6, 6.07) is 7.65. The summed E-state index contributed by atoms with van der Waals surface area (Å²) in [4.78, 5) is 14.4. The van der Waals surface area contributed by atoms with E-state index in [4.69, 9.17) is 11.6 Å². The number of hydrogen-bond donors (Lipinski definition) is 1. The molecule has 0 bridgehead atoms. The lowest BCUT2D eigenvalue weighted by Crippen LogP contribution is -2.53. The van der Waals surface area contributed by atoms with Gasteiger partial charge in [0.15, 0.2) is 0 Å². The Kier molecular flexibility index (Phi) is 4.48. The molecule has 0 saturated carbocycles. The molecule has 0 aromatic heterocycles. The van der Waals surface area contributed by atoms with Crippen molar-refractivity contribution >= 4 is 17.5 Å². The molecule has 19 heavy (non-hydrogen) atoms. The third-order valence-corrected chi connectivity index (χ3v) is 4.19. The van der Waals surface area contributed by atoms with Gasteiger partial charge in [-0.3, -0.25) is 4.79 Å². The highest BCUT2D eigenvalue weighted by Gasteiger charge is 2.40. The van der Waals surface area contributed by atoms with E-state index in [1.54, 1.807) is 0 Å². The average molecular weight is 281 g/mol. The second-order valence-corrected chi connectivity index (χ2v) is 5.69. The first kappa shape index (κ1) is 14.4. The largest absolute Gasteiger partial charge is 0.340 e. The summed E-state index contributed by atoms with van der Waals surface area (Å²) in [5.74, 6) is 0.197. The Balaban J connectivity index is 2.04. The normalized spacial score (nSPS) is 22.5. The van der Waals surface area contributed by atoms with Crippen molar-refractivity contribution in [2.75, 3.05) is 13.6 Å². The van der Waals surface area contributed by atoms with Gasteiger partial charge in [-0.05, 0) is 43.5 Å². The van der Waals surface area contributed by atoms with Gasteiger partial charge in [-0.1, -0.05) is 30.7 Å².